The minimum Gasteiger partial charge on any atom is -0.352 e. The first-order chi connectivity index (χ1) is 11.3. The molecule has 1 amide bonds. The van der Waals surface area contributed by atoms with Gasteiger partial charge < -0.3 is 10.6 Å². The number of pyridine rings is 1. The number of carbonyl (C=O) groups excluding carboxylic acids is 1. The van der Waals surface area contributed by atoms with Gasteiger partial charge in [0.25, 0.3) is 0 Å². The Hall–Kier alpha value is -1.98. The molecule has 0 bridgehead atoms. The van der Waals surface area contributed by atoms with Crippen molar-refractivity contribution < 1.29 is 4.79 Å². The van der Waals surface area contributed by atoms with E-state index < -0.39 is 0 Å². The Morgan fingerprint density at radius 3 is 3.04 bits per heavy atom. The molecule has 0 radical (unpaired) electrons. The molecule has 4 rings (SSSR count). The van der Waals surface area contributed by atoms with Crippen molar-refractivity contribution >= 4 is 16.8 Å². The fourth-order valence-electron chi connectivity index (χ4n) is 3.19. The Morgan fingerprint density at radius 1 is 1.30 bits per heavy atom. The normalized spacial score (nSPS) is 22.2. The number of para-hydroxylation sites is 1. The first-order valence-corrected chi connectivity index (χ1v) is 8.38. The average molecular weight is 310 g/mol. The monoisotopic (exact) mass is 310 g/mol. The summed E-state index contributed by atoms with van der Waals surface area (Å²) in [5, 5.41) is 7.64. The van der Waals surface area contributed by atoms with Crippen molar-refractivity contribution in [3.05, 3.63) is 42.1 Å². The van der Waals surface area contributed by atoms with Gasteiger partial charge in [0.15, 0.2) is 0 Å². The summed E-state index contributed by atoms with van der Waals surface area (Å²) in [5.74, 6) is 0.150. The third-order valence-electron chi connectivity index (χ3n) is 4.63. The Labute approximate surface area is 136 Å². The van der Waals surface area contributed by atoms with E-state index in [1.54, 1.807) is 0 Å². The molecule has 1 aliphatic carbocycles. The maximum absolute atomic E-state index is 12.2. The Bertz CT molecular complexity index is 708. The summed E-state index contributed by atoms with van der Waals surface area (Å²) in [5.41, 5.74) is 2.31. The average Bonchev–Trinajstić information content (AvgIpc) is 3.39. The highest BCUT2D eigenvalue weighted by Gasteiger charge is 2.30. The summed E-state index contributed by atoms with van der Waals surface area (Å²) in [6.45, 7) is 3.43. The lowest BCUT2D eigenvalue weighted by molar-refractivity contribution is -0.124. The number of piperazine rings is 1. The second-order valence-electron chi connectivity index (χ2n) is 6.51. The summed E-state index contributed by atoms with van der Waals surface area (Å²) in [6.07, 6.45) is 4.13. The number of hydrogen-bond donors (Lipinski definition) is 2. The Kier molecular flexibility index (Phi) is 3.97. The van der Waals surface area contributed by atoms with Crippen molar-refractivity contribution in [3.8, 4) is 0 Å². The number of fused-ring (bicyclic) bond motifs is 1. The van der Waals surface area contributed by atoms with Crippen LogP contribution in [-0.2, 0) is 11.3 Å². The Balaban J connectivity index is 1.46. The second-order valence-corrected chi connectivity index (χ2v) is 6.51. The lowest BCUT2D eigenvalue weighted by Gasteiger charge is -2.33. The third-order valence-corrected chi connectivity index (χ3v) is 4.63. The zero-order chi connectivity index (χ0) is 15.6. The molecule has 2 heterocycles. The summed E-state index contributed by atoms with van der Waals surface area (Å²) in [6, 6.07) is 10.6. The van der Waals surface area contributed by atoms with Crippen LogP contribution in [-0.4, -0.2) is 47.5 Å². The van der Waals surface area contributed by atoms with E-state index in [0.29, 0.717) is 6.04 Å². The molecule has 1 aliphatic heterocycles. The largest absolute Gasteiger partial charge is 0.352 e. The summed E-state index contributed by atoms with van der Waals surface area (Å²) in [7, 11) is 0. The maximum Gasteiger partial charge on any atom is 0.238 e. The highest BCUT2D eigenvalue weighted by Crippen LogP contribution is 2.20. The minimum atomic E-state index is -0.0996. The fourth-order valence-corrected chi connectivity index (χ4v) is 3.19. The highest BCUT2D eigenvalue weighted by molar-refractivity contribution is 5.83. The molecule has 2 N–H and O–H groups in total. The van der Waals surface area contributed by atoms with Gasteiger partial charge in [-0.25, -0.2) is 0 Å². The van der Waals surface area contributed by atoms with Crippen LogP contribution in [0, 0.1) is 0 Å². The predicted molar refractivity (Wildman–Crippen MR) is 90.0 cm³/mol. The molecule has 2 fully saturated rings. The van der Waals surface area contributed by atoms with Crippen molar-refractivity contribution in [1.82, 2.24) is 20.5 Å². The van der Waals surface area contributed by atoms with Gasteiger partial charge in [0.1, 0.15) is 0 Å². The molecule has 5 nitrogen and oxygen atoms in total. The maximum atomic E-state index is 12.2. The molecule has 1 saturated carbocycles. The number of rotatable bonds is 4. The fraction of sp³-hybridized carbons (Fsp3) is 0.444. The molecule has 1 aromatic carbocycles. The van der Waals surface area contributed by atoms with Crippen LogP contribution in [0.2, 0.25) is 0 Å². The van der Waals surface area contributed by atoms with Crippen LogP contribution >= 0.6 is 0 Å². The first-order valence-electron chi connectivity index (χ1n) is 8.38. The molecular weight excluding hydrogens is 288 g/mol. The summed E-state index contributed by atoms with van der Waals surface area (Å²) in [4.78, 5) is 19.0. The number of nitrogens with zero attached hydrogens (tertiary/aromatic N) is 2. The number of nitrogens with one attached hydrogen (secondary N) is 2. The lowest BCUT2D eigenvalue weighted by atomic mass is 10.1. The number of carbonyl (C=O) groups is 1. The lowest BCUT2D eigenvalue weighted by Crippen LogP contribution is -2.57. The van der Waals surface area contributed by atoms with Gasteiger partial charge in [-0.3, -0.25) is 14.7 Å². The van der Waals surface area contributed by atoms with Gasteiger partial charge in [-0.1, -0.05) is 18.2 Å². The molecule has 0 spiro atoms. The SMILES string of the molecule is O=C(NC1CC1)[C@@H]1CN(Cc2ccnc3ccccc23)CCN1. The highest BCUT2D eigenvalue weighted by atomic mass is 16.2. The van der Waals surface area contributed by atoms with E-state index in [0.717, 1.165) is 44.5 Å². The van der Waals surface area contributed by atoms with Crippen molar-refractivity contribution in [1.29, 1.82) is 0 Å². The van der Waals surface area contributed by atoms with E-state index in [-0.39, 0.29) is 11.9 Å². The van der Waals surface area contributed by atoms with E-state index >= 15 is 0 Å². The van der Waals surface area contributed by atoms with Gasteiger partial charge in [-0.15, -0.1) is 0 Å². The zero-order valence-electron chi connectivity index (χ0n) is 13.2. The molecule has 0 unspecified atom stereocenters. The van der Waals surface area contributed by atoms with Gasteiger partial charge >= 0.3 is 0 Å². The molecule has 23 heavy (non-hydrogen) atoms. The summed E-state index contributed by atoms with van der Waals surface area (Å²) < 4.78 is 0. The van der Waals surface area contributed by atoms with Crippen molar-refractivity contribution in [3.63, 3.8) is 0 Å². The van der Waals surface area contributed by atoms with E-state index in [9.17, 15) is 4.79 Å². The van der Waals surface area contributed by atoms with Gasteiger partial charge in [-0.2, -0.15) is 0 Å². The topological polar surface area (TPSA) is 57.3 Å². The quantitative estimate of drug-likeness (QED) is 0.893. The minimum absolute atomic E-state index is 0.0996. The van der Waals surface area contributed by atoms with Crippen LogP contribution in [0.5, 0.6) is 0 Å². The molecule has 5 heteroatoms. The molecule has 1 saturated heterocycles. The van der Waals surface area contributed by atoms with Gasteiger partial charge in [0.2, 0.25) is 5.91 Å². The third kappa shape index (κ3) is 3.35. The van der Waals surface area contributed by atoms with Crippen molar-refractivity contribution in [2.75, 3.05) is 19.6 Å². The number of aromatic nitrogens is 1. The Morgan fingerprint density at radius 2 is 2.17 bits per heavy atom. The van der Waals surface area contributed by atoms with E-state index in [4.69, 9.17) is 0 Å². The molecule has 1 atom stereocenters. The molecular formula is C18H22N4O. The van der Waals surface area contributed by atoms with Crippen LogP contribution < -0.4 is 10.6 Å². The van der Waals surface area contributed by atoms with Crippen LogP contribution in [0.15, 0.2) is 36.5 Å². The molecule has 120 valence electrons. The van der Waals surface area contributed by atoms with Crippen LogP contribution in [0.1, 0.15) is 18.4 Å². The number of benzene rings is 1. The summed E-state index contributed by atoms with van der Waals surface area (Å²) >= 11 is 0. The zero-order valence-corrected chi connectivity index (χ0v) is 13.2. The molecule has 2 aromatic rings. The van der Waals surface area contributed by atoms with Crippen molar-refractivity contribution in [2.24, 2.45) is 0 Å². The van der Waals surface area contributed by atoms with Crippen molar-refractivity contribution in [2.45, 2.75) is 31.5 Å². The van der Waals surface area contributed by atoms with E-state index in [2.05, 4.69) is 38.7 Å². The first kappa shape index (κ1) is 14.6. The van der Waals surface area contributed by atoms with Gasteiger partial charge in [-0.05, 0) is 30.5 Å². The van der Waals surface area contributed by atoms with Gasteiger partial charge in [0, 0.05) is 43.8 Å². The standard InChI is InChI=1S/C18H22N4O/c23-18(21-14-5-6-14)17-12-22(10-9-20-17)11-13-7-8-19-16-4-2-1-3-15(13)16/h1-4,7-8,14,17,20H,5-6,9-12H2,(H,21,23)/t17-/m0/s1. The second kappa shape index (κ2) is 6.26. The number of hydrogen-bond acceptors (Lipinski definition) is 4. The molecule has 1 aromatic heterocycles. The van der Waals surface area contributed by atoms with Gasteiger partial charge in [0.05, 0.1) is 11.6 Å². The van der Waals surface area contributed by atoms with E-state index in [1.807, 2.05) is 18.3 Å². The van der Waals surface area contributed by atoms with Crippen LogP contribution in [0.4, 0.5) is 0 Å². The van der Waals surface area contributed by atoms with Crippen LogP contribution in [0.3, 0.4) is 0 Å². The smallest absolute Gasteiger partial charge is 0.238 e. The molecule has 2 aliphatic rings. The van der Waals surface area contributed by atoms with Crippen LogP contribution in [0.25, 0.3) is 10.9 Å². The van der Waals surface area contributed by atoms with E-state index in [1.165, 1.54) is 10.9 Å². The number of amides is 1. The predicted octanol–water partition coefficient (Wildman–Crippen LogP) is 1.29.